The van der Waals surface area contributed by atoms with Crippen molar-refractivity contribution in [2.75, 3.05) is 32.1 Å². The number of aromatic nitrogens is 2. The van der Waals surface area contributed by atoms with E-state index in [1.165, 1.54) is 0 Å². The molecule has 0 fully saturated rings. The summed E-state index contributed by atoms with van der Waals surface area (Å²) < 4.78 is 0. The molecule has 120 valence electrons. The van der Waals surface area contributed by atoms with Crippen LogP contribution >= 0.6 is 37.2 Å². The molecule has 0 radical (unpaired) electrons. The third-order valence-electron chi connectivity index (χ3n) is 2.74. The first-order valence-electron chi connectivity index (χ1n) is 5.87. The number of likely N-dealkylation sites (N-methyl/N-ethyl adjacent to an activating group) is 1. The molecule has 0 aliphatic rings. The van der Waals surface area contributed by atoms with Crippen LogP contribution in [0.5, 0.6) is 0 Å². The molecular weight excluding hydrogens is 335 g/mol. The van der Waals surface area contributed by atoms with Gasteiger partial charge in [-0.15, -0.1) is 37.2 Å². The van der Waals surface area contributed by atoms with E-state index in [1.807, 2.05) is 36.2 Å². The number of benzene rings is 1. The van der Waals surface area contributed by atoms with Gasteiger partial charge >= 0.3 is 0 Å². The van der Waals surface area contributed by atoms with Gasteiger partial charge in [0.25, 0.3) is 0 Å². The minimum Gasteiger partial charge on any atom is -0.360 e. The van der Waals surface area contributed by atoms with Crippen molar-refractivity contribution in [3.63, 3.8) is 0 Å². The average Bonchev–Trinajstić information content (AvgIpc) is 2.82. The van der Waals surface area contributed by atoms with Crippen LogP contribution in [0.4, 0.5) is 5.95 Å². The highest BCUT2D eigenvalue weighted by Crippen LogP contribution is 2.15. The number of guanidine groups is 1. The summed E-state index contributed by atoms with van der Waals surface area (Å²) in [5.41, 5.74) is 2.01. The Morgan fingerprint density at radius 1 is 1.29 bits per heavy atom. The van der Waals surface area contributed by atoms with Crippen molar-refractivity contribution >= 4 is 60.2 Å². The molecule has 1 aromatic heterocycles. The van der Waals surface area contributed by atoms with E-state index in [0.717, 1.165) is 23.5 Å². The monoisotopic (exact) mass is 354 g/mol. The summed E-state index contributed by atoms with van der Waals surface area (Å²) in [6.07, 6.45) is 0. The Morgan fingerprint density at radius 3 is 2.57 bits per heavy atom. The fourth-order valence-electron chi connectivity index (χ4n) is 1.66. The summed E-state index contributed by atoms with van der Waals surface area (Å²) in [4.78, 5) is 9.79. The van der Waals surface area contributed by atoms with Crippen molar-refractivity contribution in [1.82, 2.24) is 20.6 Å². The van der Waals surface area contributed by atoms with E-state index in [2.05, 4.69) is 20.6 Å². The minimum absolute atomic E-state index is 0. The van der Waals surface area contributed by atoms with Gasteiger partial charge < -0.3 is 20.5 Å². The topological polar surface area (TPSA) is 79.8 Å². The normalized spacial score (nSPS) is 8.86. The van der Waals surface area contributed by atoms with Gasteiger partial charge in [-0.05, 0) is 12.1 Å². The van der Waals surface area contributed by atoms with Crippen molar-refractivity contribution in [1.29, 1.82) is 5.41 Å². The third kappa shape index (κ3) is 5.87. The molecule has 2 rings (SSSR count). The van der Waals surface area contributed by atoms with Crippen LogP contribution < -0.4 is 15.5 Å². The Labute approximate surface area is 142 Å². The van der Waals surface area contributed by atoms with Gasteiger partial charge in [0, 0.05) is 27.2 Å². The van der Waals surface area contributed by atoms with E-state index in [1.54, 1.807) is 7.05 Å². The van der Waals surface area contributed by atoms with Gasteiger partial charge in [-0.2, -0.15) is 0 Å². The van der Waals surface area contributed by atoms with E-state index >= 15 is 0 Å². The van der Waals surface area contributed by atoms with Crippen molar-refractivity contribution in [2.24, 2.45) is 0 Å². The number of hydrogen-bond acceptors (Lipinski definition) is 3. The molecule has 1 aromatic carbocycles. The van der Waals surface area contributed by atoms with E-state index < -0.39 is 0 Å². The second-order valence-electron chi connectivity index (χ2n) is 4.05. The summed E-state index contributed by atoms with van der Waals surface area (Å²) in [5, 5.41) is 13.1. The van der Waals surface area contributed by atoms with Gasteiger partial charge in [-0.3, -0.25) is 5.41 Å². The van der Waals surface area contributed by atoms with Gasteiger partial charge in [0.2, 0.25) is 5.95 Å². The molecule has 6 nitrogen and oxygen atoms in total. The molecule has 2 aromatic rings. The van der Waals surface area contributed by atoms with Gasteiger partial charge in [-0.25, -0.2) is 4.98 Å². The number of hydrogen-bond donors (Lipinski definition) is 4. The summed E-state index contributed by atoms with van der Waals surface area (Å²) in [6, 6.07) is 7.95. The number of anilines is 1. The lowest BCUT2D eigenvalue weighted by atomic mass is 10.3. The second-order valence-corrected chi connectivity index (χ2v) is 4.05. The molecule has 0 aliphatic carbocycles. The lowest BCUT2D eigenvalue weighted by molar-refractivity contribution is 0.787. The highest BCUT2D eigenvalue weighted by Gasteiger charge is 2.06. The molecule has 0 saturated carbocycles. The molecule has 21 heavy (non-hydrogen) atoms. The Hall–Kier alpha value is -1.37. The zero-order valence-corrected chi connectivity index (χ0v) is 14.3. The molecule has 0 spiro atoms. The standard InChI is InChI=1S/C12H18N6.3ClH/c1-14-11(13)15-7-8-18(2)12-16-9-5-3-4-6-10(9)17-12;;;/h3-6H,7-8H2,1-2H3,(H,16,17)(H3,13,14,15);3*1H. The van der Waals surface area contributed by atoms with Gasteiger partial charge in [0.05, 0.1) is 11.0 Å². The van der Waals surface area contributed by atoms with Gasteiger partial charge in [-0.1, -0.05) is 12.1 Å². The lowest BCUT2D eigenvalue weighted by Gasteiger charge is -2.16. The maximum atomic E-state index is 7.41. The maximum absolute atomic E-state index is 7.41. The molecule has 0 unspecified atom stereocenters. The van der Waals surface area contributed by atoms with Crippen LogP contribution in [0.3, 0.4) is 0 Å². The number of aromatic amines is 1. The zero-order valence-electron chi connectivity index (χ0n) is 11.8. The average molecular weight is 356 g/mol. The van der Waals surface area contributed by atoms with Crippen LogP contribution in [0, 0.1) is 5.41 Å². The Bertz CT molecular complexity index is 512. The molecule has 0 saturated heterocycles. The fraction of sp³-hybridized carbons (Fsp3) is 0.333. The van der Waals surface area contributed by atoms with Crippen molar-refractivity contribution in [3.8, 4) is 0 Å². The number of fused-ring (bicyclic) bond motifs is 1. The molecule has 1 heterocycles. The van der Waals surface area contributed by atoms with Crippen molar-refractivity contribution in [3.05, 3.63) is 24.3 Å². The van der Waals surface area contributed by atoms with Crippen molar-refractivity contribution < 1.29 is 0 Å². The molecule has 4 N–H and O–H groups in total. The first-order chi connectivity index (χ1) is 8.70. The van der Waals surface area contributed by atoms with E-state index in [-0.39, 0.29) is 37.2 Å². The Morgan fingerprint density at radius 2 is 1.95 bits per heavy atom. The second kappa shape index (κ2) is 10.4. The van der Waals surface area contributed by atoms with Gasteiger partial charge in [0.1, 0.15) is 0 Å². The fourth-order valence-corrected chi connectivity index (χ4v) is 1.66. The van der Waals surface area contributed by atoms with Gasteiger partial charge in [0.15, 0.2) is 5.96 Å². The quantitative estimate of drug-likeness (QED) is 0.500. The van der Waals surface area contributed by atoms with E-state index in [9.17, 15) is 0 Å². The molecule has 0 amide bonds. The number of halogens is 3. The summed E-state index contributed by atoms with van der Waals surface area (Å²) in [5.74, 6) is 1.17. The van der Waals surface area contributed by atoms with Crippen molar-refractivity contribution in [2.45, 2.75) is 0 Å². The largest absolute Gasteiger partial charge is 0.360 e. The predicted octanol–water partition coefficient (Wildman–Crippen LogP) is 2.01. The molecular formula is C12H21Cl3N6. The predicted molar refractivity (Wildman–Crippen MR) is 95.9 cm³/mol. The number of imidazole rings is 1. The Balaban J connectivity index is 0. The summed E-state index contributed by atoms with van der Waals surface area (Å²) in [6.45, 7) is 1.46. The number of para-hydroxylation sites is 2. The highest BCUT2D eigenvalue weighted by molar-refractivity contribution is 5.86. The first kappa shape index (κ1) is 21.9. The molecule has 9 heteroatoms. The smallest absolute Gasteiger partial charge is 0.203 e. The molecule has 0 atom stereocenters. The van der Waals surface area contributed by atoms with Crippen LogP contribution in [0.15, 0.2) is 24.3 Å². The number of rotatable bonds is 4. The van der Waals surface area contributed by atoms with E-state index in [0.29, 0.717) is 12.5 Å². The lowest BCUT2D eigenvalue weighted by Crippen LogP contribution is -2.38. The maximum Gasteiger partial charge on any atom is 0.203 e. The van der Waals surface area contributed by atoms with Crippen LogP contribution in [0.2, 0.25) is 0 Å². The number of H-pyrrole nitrogens is 1. The summed E-state index contributed by atoms with van der Waals surface area (Å²) in [7, 11) is 3.70. The van der Waals surface area contributed by atoms with Crippen LogP contribution in [0.1, 0.15) is 0 Å². The molecule has 0 bridgehead atoms. The number of nitrogens with zero attached hydrogens (tertiary/aromatic N) is 2. The first-order valence-corrected chi connectivity index (χ1v) is 5.87. The van der Waals surface area contributed by atoms with Crippen LogP contribution in [-0.4, -0.2) is 43.1 Å². The summed E-state index contributed by atoms with van der Waals surface area (Å²) >= 11 is 0. The SMILES string of the molecule is CNC(=N)NCCN(C)c1nc2ccccc2[nH]1.Cl.Cl.Cl. The highest BCUT2D eigenvalue weighted by atomic mass is 35.5. The molecule has 0 aliphatic heterocycles. The Kier molecular flexibility index (Phi) is 10.8. The zero-order chi connectivity index (χ0) is 13.0. The minimum atomic E-state index is 0. The van der Waals surface area contributed by atoms with E-state index in [4.69, 9.17) is 5.41 Å². The number of nitrogens with one attached hydrogen (secondary N) is 4. The third-order valence-corrected chi connectivity index (χ3v) is 2.74. The van der Waals surface area contributed by atoms with Crippen LogP contribution in [-0.2, 0) is 0 Å². The van der Waals surface area contributed by atoms with Crippen LogP contribution in [0.25, 0.3) is 11.0 Å².